The van der Waals surface area contributed by atoms with Crippen molar-refractivity contribution in [2.24, 2.45) is 0 Å². The van der Waals surface area contributed by atoms with Crippen molar-refractivity contribution in [1.82, 2.24) is 5.32 Å². The van der Waals surface area contributed by atoms with Crippen LogP contribution >= 0.6 is 11.8 Å². The van der Waals surface area contributed by atoms with Gasteiger partial charge in [0.25, 0.3) is 0 Å². The third-order valence-electron chi connectivity index (χ3n) is 1.79. The van der Waals surface area contributed by atoms with Crippen molar-refractivity contribution < 1.29 is 19.4 Å². The SMILES string of the molecule is COCCC(NC(=O)CSC(C)C)C(=O)O. The molecule has 0 heterocycles. The summed E-state index contributed by atoms with van der Waals surface area (Å²) in [5.74, 6) is -0.990. The van der Waals surface area contributed by atoms with Gasteiger partial charge in [0.2, 0.25) is 5.91 Å². The van der Waals surface area contributed by atoms with Gasteiger partial charge in [0, 0.05) is 20.1 Å². The Hall–Kier alpha value is -0.750. The summed E-state index contributed by atoms with van der Waals surface area (Å²) in [6, 6.07) is -0.861. The fraction of sp³-hybridized carbons (Fsp3) is 0.800. The number of carbonyl (C=O) groups excluding carboxylic acids is 1. The Morgan fingerprint density at radius 2 is 2.06 bits per heavy atom. The molecule has 94 valence electrons. The highest BCUT2D eigenvalue weighted by atomic mass is 32.2. The summed E-state index contributed by atoms with van der Waals surface area (Å²) in [5, 5.41) is 11.7. The number of carbonyl (C=O) groups is 2. The summed E-state index contributed by atoms with van der Waals surface area (Å²) >= 11 is 1.48. The maximum atomic E-state index is 11.4. The maximum Gasteiger partial charge on any atom is 0.326 e. The third-order valence-corrected chi connectivity index (χ3v) is 2.89. The summed E-state index contributed by atoms with van der Waals surface area (Å²) < 4.78 is 4.78. The molecule has 1 unspecified atom stereocenters. The third kappa shape index (κ3) is 7.53. The summed E-state index contributed by atoms with van der Waals surface area (Å²) in [4.78, 5) is 22.2. The average Bonchev–Trinajstić information content (AvgIpc) is 2.20. The van der Waals surface area contributed by atoms with Crippen LogP contribution in [0.2, 0.25) is 0 Å². The average molecular weight is 249 g/mol. The van der Waals surface area contributed by atoms with Gasteiger partial charge in [0.1, 0.15) is 6.04 Å². The lowest BCUT2D eigenvalue weighted by molar-refractivity contribution is -0.142. The van der Waals surface area contributed by atoms with Gasteiger partial charge in [-0.1, -0.05) is 13.8 Å². The van der Waals surface area contributed by atoms with Crippen LogP contribution in [0.15, 0.2) is 0 Å². The molecular weight excluding hydrogens is 230 g/mol. The number of methoxy groups -OCH3 is 1. The van der Waals surface area contributed by atoms with E-state index in [-0.39, 0.29) is 18.1 Å². The minimum absolute atomic E-state index is 0.248. The molecule has 0 fully saturated rings. The van der Waals surface area contributed by atoms with Crippen LogP contribution in [-0.4, -0.2) is 47.7 Å². The molecule has 0 aliphatic heterocycles. The van der Waals surface area contributed by atoms with E-state index in [1.54, 1.807) is 0 Å². The zero-order valence-corrected chi connectivity index (χ0v) is 10.7. The second kappa shape index (κ2) is 8.41. The van der Waals surface area contributed by atoms with E-state index in [2.05, 4.69) is 5.32 Å². The first-order valence-electron chi connectivity index (χ1n) is 5.10. The predicted octanol–water partition coefficient (Wildman–Crippen LogP) is 0.734. The first kappa shape index (κ1) is 15.2. The number of ether oxygens (including phenoxy) is 1. The van der Waals surface area contributed by atoms with Crippen LogP contribution in [0, 0.1) is 0 Å². The molecule has 0 radical (unpaired) electrons. The van der Waals surface area contributed by atoms with E-state index in [0.29, 0.717) is 11.9 Å². The molecule has 16 heavy (non-hydrogen) atoms. The summed E-state index contributed by atoms with van der Waals surface area (Å²) in [5.41, 5.74) is 0. The molecule has 0 aromatic carbocycles. The largest absolute Gasteiger partial charge is 0.480 e. The Morgan fingerprint density at radius 3 is 2.50 bits per heavy atom. The lowest BCUT2D eigenvalue weighted by Gasteiger charge is -2.14. The van der Waals surface area contributed by atoms with Crippen LogP contribution in [0.3, 0.4) is 0 Å². The summed E-state index contributed by atoms with van der Waals surface area (Å²) in [6.45, 7) is 4.28. The second-order valence-corrected chi connectivity index (χ2v) is 5.16. The molecule has 0 aliphatic rings. The van der Waals surface area contributed by atoms with Gasteiger partial charge < -0.3 is 15.2 Å². The fourth-order valence-corrected chi connectivity index (χ4v) is 1.54. The molecule has 6 heteroatoms. The standard InChI is InChI=1S/C10H19NO4S/c1-7(2)16-6-9(12)11-8(10(13)14)4-5-15-3/h7-8H,4-6H2,1-3H3,(H,11,12)(H,13,14). The molecule has 5 nitrogen and oxygen atoms in total. The Balaban J connectivity index is 3.98. The highest BCUT2D eigenvalue weighted by Crippen LogP contribution is 2.08. The Labute approximate surface area is 99.9 Å². The van der Waals surface area contributed by atoms with Gasteiger partial charge in [-0.25, -0.2) is 4.79 Å². The van der Waals surface area contributed by atoms with Gasteiger partial charge in [-0.05, 0) is 5.25 Å². The van der Waals surface area contributed by atoms with Crippen LogP contribution in [0.4, 0.5) is 0 Å². The first-order valence-corrected chi connectivity index (χ1v) is 6.15. The van der Waals surface area contributed by atoms with Gasteiger partial charge in [-0.3, -0.25) is 4.79 Å². The number of carboxylic acid groups (broad SMARTS) is 1. The number of thioether (sulfide) groups is 1. The molecule has 1 amide bonds. The number of rotatable bonds is 8. The number of aliphatic carboxylic acids is 1. The van der Waals surface area contributed by atoms with Crippen molar-refractivity contribution >= 4 is 23.6 Å². The Morgan fingerprint density at radius 1 is 1.44 bits per heavy atom. The summed E-state index contributed by atoms with van der Waals surface area (Å²) in [6.07, 6.45) is 0.282. The number of hydrogen-bond donors (Lipinski definition) is 2. The normalized spacial score (nSPS) is 12.5. The lowest BCUT2D eigenvalue weighted by atomic mass is 10.2. The van der Waals surface area contributed by atoms with Crippen LogP contribution in [0.1, 0.15) is 20.3 Å². The number of hydrogen-bond acceptors (Lipinski definition) is 4. The van der Waals surface area contributed by atoms with Crippen molar-refractivity contribution in [3.63, 3.8) is 0 Å². The molecular formula is C10H19NO4S. The lowest BCUT2D eigenvalue weighted by Crippen LogP contribution is -2.42. The Bertz CT molecular complexity index is 233. The van der Waals surface area contributed by atoms with Crippen LogP contribution in [0.25, 0.3) is 0 Å². The molecule has 0 aromatic heterocycles. The fourth-order valence-electron chi connectivity index (χ4n) is 0.971. The molecule has 0 spiro atoms. The zero-order valence-electron chi connectivity index (χ0n) is 9.86. The molecule has 2 N–H and O–H groups in total. The van der Waals surface area contributed by atoms with E-state index in [1.165, 1.54) is 18.9 Å². The second-order valence-electron chi connectivity index (χ2n) is 3.60. The number of carboxylic acids is 1. The smallest absolute Gasteiger partial charge is 0.326 e. The Kier molecular flexibility index (Phi) is 8.01. The molecule has 0 saturated carbocycles. The van der Waals surface area contributed by atoms with Crippen LogP contribution in [0.5, 0.6) is 0 Å². The molecule has 0 aromatic rings. The summed E-state index contributed by atoms with van der Waals surface area (Å²) in [7, 11) is 1.50. The minimum atomic E-state index is -1.03. The van der Waals surface area contributed by atoms with E-state index in [4.69, 9.17) is 9.84 Å². The van der Waals surface area contributed by atoms with E-state index < -0.39 is 12.0 Å². The zero-order chi connectivity index (χ0) is 12.6. The molecule has 0 aliphatic carbocycles. The minimum Gasteiger partial charge on any atom is -0.480 e. The van der Waals surface area contributed by atoms with Crippen LogP contribution < -0.4 is 5.32 Å². The predicted molar refractivity (Wildman–Crippen MR) is 63.7 cm³/mol. The molecule has 1 atom stereocenters. The highest BCUT2D eigenvalue weighted by Gasteiger charge is 2.19. The first-order chi connectivity index (χ1) is 7.47. The quantitative estimate of drug-likeness (QED) is 0.663. The molecule has 0 bridgehead atoms. The number of amides is 1. The van der Waals surface area contributed by atoms with Gasteiger partial charge >= 0.3 is 5.97 Å². The monoisotopic (exact) mass is 249 g/mol. The van der Waals surface area contributed by atoms with E-state index in [9.17, 15) is 9.59 Å². The van der Waals surface area contributed by atoms with Crippen LogP contribution in [-0.2, 0) is 14.3 Å². The van der Waals surface area contributed by atoms with Gasteiger partial charge in [-0.15, -0.1) is 11.8 Å². The van der Waals surface area contributed by atoms with Crippen molar-refractivity contribution in [3.8, 4) is 0 Å². The molecule has 0 saturated heterocycles. The van der Waals surface area contributed by atoms with Gasteiger partial charge in [0.15, 0.2) is 0 Å². The highest BCUT2D eigenvalue weighted by molar-refractivity contribution is 8.00. The van der Waals surface area contributed by atoms with E-state index >= 15 is 0 Å². The van der Waals surface area contributed by atoms with Crippen molar-refractivity contribution in [2.75, 3.05) is 19.5 Å². The van der Waals surface area contributed by atoms with Gasteiger partial charge in [-0.2, -0.15) is 0 Å². The number of nitrogens with one attached hydrogen (secondary N) is 1. The van der Waals surface area contributed by atoms with E-state index in [1.807, 2.05) is 13.8 Å². The van der Waals surface area contributed by atoms with Gasteiger partial charge in [0.05, 0.1) is 5.75 Å². The molecule has 0 rings (SSSR count). The van der Waals surface area contributed by atoms with Crippen molar-refractivity contribution in [3.05, 3.63) is 0 Å². The topological polar surface area (TPSA) is 75.6 Å². The van der Waals surface area contributed by atoms with E-state index in [0.717, 1.165) is 0 Å². The van der Waals surface area contributed by atoms with Crippen molar-refractivity contribution in [1.29, 1.82) is 0 Å². The van der Waals surface area contributed by atoms with Crippen molar-refractivity contribution in [2.45, 2.75) is 31.6 Å². The maximum absolute atomic E-state index is 11.4.